The number of nitrogens with one attached hydrogen (secondary N) is 1. The summed E-state index contributed by atoms with van der Waals surface area (Å²) in [7, 11) is 0. The van der Waals surface area contributed by atoms with E-state index in [2.05, 4.69) is 17.5 Å². The molecule has 27 heavy (non-hydrogen) atoms. The van der Waals surface area contributed by atoms with E-state index in [4.69, 9.17) is 4.74 Å². The Labute approximate surface area is 159 Å². The van der Waals surface area contributed by atoms with Crippen molar-refractivity contribution < 1.29 is 13.9 Å². The molecule has 0 fully saturated rings. The van der Waals surface area contributed by atoms with Crippen LogP contribution in [-0.4, -0.2) is 12.6 Å². The van der Waals surface area contributed by atoms with Crippen LogP contribution in [0.3, 0.4) is 0 Å². The Morgan fingerprint density at radius 2 is 2.00 bits per heavy atom. The summed E-state index contributed by atoms with van der Waals surface area (Å²) >= 11 is 0. The second-order valence-corrected chi connectivity index (χ2v) is 7.82. The first-order valence-corrected chi connectivity index (χ1v) is 9.52. The van der Waals surface area contributed by atoms with Gasteiger partial charge in [-0.15, -0.1) is 0 Å². The molecule has 1 N–H and O–H groups in total. The van der Waals surface area contributed by atoms with E-state index < -0.39 is 0 Å². The van der Waals surface area contributed by atoms with E-state index in [0.717, 1.165) is 23.2 Å². The van der Waals surface area contributed by atoms with Crippen molar-refractivity contribution in [2.45, 2.75) is 32.2 Å². The van der Waals surface area contributed by atoms with E-state index in [1.165, 1.54) is 12.1 Å². The maximum atomic E-state index is 13.3. The molecule has 0 spiro atoms. The molecule has 0 unspecified atom stereocenters. The second-order valence-electron chi connectivity index (χ2n) is 7.82. The normalized spacial score (nSPS) is 22.9. The van der Waals surface area contributed by atoms with E-state index in [1.807, 2.05) is 44.2 Å². The second kappa shape index (κ2) is 7.18. The number of allylic oxidation sites excluding steroid dienone is 2. The number of ether oxygens (including phenoxy) is 1. The van der Waals surface area contributed by atoms with Crippen LogP contribution in [0.15, 0.2) is 54.6 Å². The number of anilines is 1. The molecule has 0 saturated heterocycles. The van der Waals surface area contributed by atoms with Gasteiger partial charge in [0.25, 0.3) is 0 Å². The molecule has 140 valence electrons. The first-order valence-electron chi connectivity index (χ1n) is 9.52. The highest BCUT2D eigenvalue weighted by molar-refractivity contribution is 5.90. The fourth-order valence-corrected chi connectivity index (χ4v) is 4.05. The van der Waals surface area contributed by atoms with Gasteiger partial charge in [-0.3, -0.25) is 0 Å². The number of hydrogen-bond acceptors (Lipinski definition) is 3. The summed E-state index contributed by atoms with van der Waals surface area (Å²) in [5.41, 5.74) is 3.83. The third kappa shape index (κ3) is 3.48. The maximum Gasteiger partial charge on any atom is 0.338 e. The Kier molecular flexibility index (Phi) is 4.73. The van der Waals surface area contributed by atoms with Gasteiger partial charge >= 0.3 is 5.97 Å². The van der Waals surface area contributed by atoms with Gasteiger partial charge < -0.3 is 10.1 Å². The predicted octanol–water partition coefficient (Wildman–Crippen LogP) is 5.47. The molecule has 3 nitrogen and oxygen atoms in total. The lowest BCUT2D eigenvalue weighted by Gasteiger charge is -2.37. The van der Waals surface area contributed by atoms with E-state index in [0.29, 0.717) is 24.0 Å². The van der Waals surface area contributed by atoms with E-state index in [-0.39, 0.29) is 23.7 Å². The number of carbonyl (C=O) groups excluding carboxylic acids is 1. The third-order valence-corrected chi connectivity index (χ3v) is 5.38. The average Bonchev–Trinajstić information content (AvgIpc) is 3.16. The molecule has 0 aromatic heterocycles. The van der Waals surface area contributed by atoms with Crippen molar-refractivity contribution in [1.82, 2.24) is 0 Å². The van der Waals surface area contributed by atoms with Gasteiger partial charge in [0.15, 0.2) is 0 Å². The van der Waals surface area contributed by atoms with Crippen LogP contribution in [0.1, 0.15) is 53.7 Å². The first-order chi connectivity index (χ1) is 13.0. The zero-order valence-electron chi connectivity index (χ0n) is 15.6. The topological polar surface area (TPSA) is 38.3 Å². The molecule has 0 saturated carbocycles. The summed E-state index contributed by atoms with van der Waals surface area (Å²) in [6, 6.07) is 12.6. The van der Waals surface area contributed by atoms with Gasteiger partial charge in [-0.2, -0.15) is 0 Å². The lowest BCUT2D eigenvalue weighted by molar-refractivity contribution is 0.0459. The third-order valence-electron chi connectivity index (χ3n) is 5.38. The molecular weight excluding hydrogens is 341 g/mol. The molecule has 4 rings (SSSR count). The summed E-state index contributed by atoms with van der Waals surface area (Å²) in [6.07, 6.45) is 5.39. The Morgan fingerprint density at radius 1 is 1.22 bits per heavy atom. The molecule has 1 aliphatic carbocycles. The minimum absolute atomic E-state index is 0.122. The van der Waals surface area contributed by atoms with E-state index in [1.54, 1.807) is 0 Å². The van der Waals surface area contributed by atoms with Gasteiger partial charge in [-0.1, -0.05) is 38.1 Å². The highest BCUT2D eigenvalue weighted by atomic mass is 19.1. The Balaban J connectivity index is 1.63. The molecule has 2 aromatic carbocycles. The van der Waals surface area contributed by atoms with Crippen molar-refractivity contribution in [2.75, 3.05) is 11.9 Å². The SMILES string of the molecule is CC(C)COC(=O)c1ccc2c(c1)[C@@H]1C=CC[C@H]1[C@@H](c1ccc(F)cc1)N2. The minimum atomic E-state index is -0.273. The van der Waals surface area contributed by atoms with E-state index >= 15 is 0 Å². The quantitative estimate of drug-likeness (QED) is 0.577. The van der Waals surface area contributed by atoms with Gasteiger partial charge in [-0.05, 0) is 59.7 Å². The van der Waals surface area contributed by atoms with Gasteiger partial charge in [-0.25, -0.2) is 9.18 Å². The molecule has 0 bridgehead atoms. The highest BCUT2D eigenvalue weighted by Crippen LogP contribution is 2.49. The standard InChI is InChI=1S/C23H24FNO2/c1-14(2)13-27-23(26)16-8-11-21-20(12-16)18-4-3-5-19(18)22(25-21)15-6-9-17(24)10-7-15/h3-4,6-12,14,18-19,22,25H,5,13H2,1-2H3/t18-,19-,22-/m1/s1. The molecule has 2 aliphatic rings. The Hall–Kier alpha value is -2.62. The summed E-state index contributed by atoms with van der Waals surface area (Å²) < 4.78 is 18.7. The van der Waals surface area contributed by atoms with Crippen LogP contribution in [0.5, 0.6) is 0 Å². The van der Waals surface area contributed by atoms with E-state index in [9.17, 15) is 9.18 Å². The summed E-state index contributed by atoms with van der Waals surface area (Å²) in [5, 5.41) is 3.61. The molecule has 0 amide bonds. The molecule has 0 radical (unpaired) electrons. The van der Waals surface area contributed by atoms with Crippen LogP contribution < -0.4 is 5.32 Å². The highest BCUT2D eigenvalue weighted by Gasteiger charge is 2.38. The number of halogens is 1. The summed E-state index contributed by atoms with van der Waals surface area (Å²) in [5.74, 6) is 0.414. The monoisotopic (exact) mass is 365 g/mol. The lowest BCUT2D eigenvalue weighted by Crippen LogP contribution is -2.29. The summed E-state index contributed by atoms with van der Waals surface area (Å²) in [4.78, 5) is 12.3. The largest absolute Gasteiger partial charge is 0.462 e. The van der Waals surface area contributed by atoms with Crippen LogP contribution in [0.4, 0.5) is 10.1 Å². The molecule has 3 atom stereocenters. The minimum Gasteiger partial charge on any atom is -0.462 e. The fraction of sp³-hybridized carbons (Fsp3) is 0.348. The number of carbonyl (C=O) groups is 1. The summed E-state index contributed by atoms with van der Waals surface area (Å²) in [6.45, 7) is 4.47. The molecule has 1 heterocycles. The van der Waals surface area contributed by atoms with Crippen LogP contribution in [-0.2, 0) is 4.74 Å². The Bertz CT molecular complexity index is 872. The molecular formula is C23H24FNO2. The number of hydrogen-bond donors (Lipinski definition) is 1. The molecule has 1 aliphatic heterocycles. The fourth-order valence-electron chi connectivity index (χ4n) is 4.05. The van der Waals surface area contributed by atoms with Crippen LogP contribution >= 0.6 is 0 Å². The van der Waals surface area contributed by atoms with Gasteiger partial charge in [0.05, 0.1) is 18.2 Å². The van der Waals surface area contributed by atoms with Crippen LogP contribution in [0, 0.1) is 17.7 Å². The van der Waals surface area contributed by atoms with Crippen LogP contribution in [0.25, 0.3) is 0 Å². The smallest absolute Gasteiger partial charge is 0.338 e. The maximum absolute atomic E-state index is 13.3. The Morgan fingerprint density at radius 3 is 2.74 bits per heavy atom. The number of fused-ring (bicyclic) bond motifs is 3. The zero-order valence-corrected chi connectivity index (χ0v) is 15.6. The molecule has 4 heteroatoms. The lowest BCUT2D eigenvalue weighted by atomic mass is 9.76. The van der Waals surface area contributed by atoms with Crippen molar-refractivity contribution in [3.05, 3.63) is 77.1 Å². The number of benzene rings is 2. The van der Waals surface area contributed by atoms with Gasteiger partial charge in [0.2, 0.25) is 0 Å². The van der Waals surface area contributed by atoms with Crippen molar-refractivity contribution in [3.8, 4) is 0 Å². The molecule has 2 aromatic rings. The predicted molar refractivity (Wildman–Crippen MR) is 104 cm³/mol. The van der Waals surface area contributed by atoms with Crippen molar-refractivity contribution in [3.63, 3.8) is 0 Å². The average molecular weight is 365 g/mol. The van der Waals surface area contributed by atoms with Crippen molar-refractivity contribution in [2.24, 2.45) is 11.8 Å². The van der Waals surface area contributed by atoms with Gasteiger partial charge in [0.1, 0.15) is 5.82 Å². The van der Waals surface area contributed by atoms with Crippen molar-refractivity contribution in [1.29, 1.82) is 0 Å². The van der Waals surface area contributed by atoms with Gasteiger partial charge in [0, 0.05) is 11.6 Å². The van der Waals surface area contributed by atoms with Crippen LogP contribution in [0.2, 0.25) is 0 Å². The zero-order chi connectivity index (χ0) is 19.0. The van der Waals surface area contributed by atoms with Crippen molar-refractivity contribution >= 4 is 11.7 Å². The number of rotatable bonds is 4. The number of esters is 1. The first kappa shape index (κ1) is 17.8.